The zero-order valence-corrected chi connectivity index (χ0v) is 25.8. The Bertz CT molecular complexity index is 2710. The second kappa shape index (κ2) is 10.9. The number of nitrogens with zero attached hydrogens (tertiary/aromatic N) is 4. The van der Waals surface area contributed by atoms with Crippen molar-refractivity contribution >= 4 is 55.0 Å². The molecule has 0 saturated carbocycles. The third kappa shape index (κ3) is 4.07. The van der Waals surface area contributed by atoms with E-state index < -0.39 is 0 Å². The lowest BCUT2D eigenvalue weighted by atomic mass is 9.96. The molecule has 0 aliphatic carbocycles. The Morgan fingerprint density at radius 1 is 0.375 bits per heavy atom. The van der Waals surface area contributed by atoms with Crippen LogP contribution in [0, 0.1) is 13.1 Å². The average molecular weight is 611 g/mol. The Balaban J connectivity index is 1.26. The summed E-state index contributed by atoms with van der Waals surface area (Å²) >= 11 is 0. The molecule has 0 N–H and O–H groups in total. The molecule has 48 heavy (non-hydrogen) atoms. The van der Waals surface area contributed by atoms with Crippen molar-refractivity contribution in [2.75, 3.05) is 0 Å². The van der Waals surface area contributed by atoms with E-state index in [9.17, 15) is 0 Å². The van der Waals surface area contributed by atoms with Gasteiger partial charge >= 0.3 is 0 Å². The quantitative estimate of drug-likeness (QED) is 0.177. The van der Waals surface area contributed by atoms with E-state index in [2.05, 4.69) is 146 Å². The summed E-state index contributed by atoms with van der Waals surface area (Å²) in [6.07, 6.45) is 0. The number of fused-ring (bicyclic) bond motifs is 6. The van der Waals surface area contributed by atoms with Crippen molar-refractivity contribution in [2.45, 2.75) is 0 Å². The lowest BCUT2D eigenvalue weighted by molar-refractivity contribution is 1.18. The standard InChI is InChI=1S/C44H26N4/c1-45-38-26-25-31(47-40-21-7-3-15-33(40)34-16-4-8-22-41(34)47)28-37(38)30-14-11-13-29(27-30)32-19-12-20-39(46-2)44(32)48-42-23-9-5-17-35(42)36-18-6-10-24-43(36)48/h3-28H. The summed E-state index contributed by atoms with van der Waals surface area (Å²) in [5, 5.41) is 4.69. The largest absolute Gasteiger partial charge is 0.318 e. The zero-order valence-electron chi connectivity index (χ0n) is 25.8. The van der Waals surface area contributed by atoms with Crippen LogP contribution in [-0.4, -0.2) is 9.13 Å². The van der Waals surface area contributed by atoms with E-state index >= 15 is 0 Å². The van der Waals surface area contributed by atoms with E-state index in [1.54, 1.807) is 0 Å². The molecule has 4 nitrogen and oxygen atoms in total. The number of hydrogen-bond acceptors (Lipinski definition) is 0. The molecule has 0 spiro atoms. The smallest absolute Gasteiger partial charge is 0.211 e. The first-order valence-corrected chi connectivity index (χ1v) is 15.8. The summed E-state index contributed by atoms with van der Waals surface area (Å²) in [6.45, 7) is 16.3. The Hall–Kier alpha value is -6.88. The van der Waals surface area contributed by atoms with Crippen LogP contribution < -0.4 is 0 Å². The monoisotopic (exact) mass is 610 g/mol. The van der Waals surface area contributed by atoms with Crippen molar-refractivity contribution in [1.29, 1.82) is 0 Å². The predicted molar refractivity (Wildman–Crippen MR) is 199 cm³/mol. The van der Waals surface area contributed by atoms with Crippen LogP contribution in [0.15, 0.2) is 158 Å². The van der Waals surface area contributed by atoms with Crippen molar-refractivity contribution in [2.24, 2.45) is 0 Å². The number of hydrogen-bond donors (Lipinski definition) is 0. The summed E-state index contributed by atoms with van der Waals surface area (Å²) in [5.41, 5.74) is 11.1. The van der Waals surface area contributed by atoms with Gasteiger partial charge in [-0.1, -0.05) is 115 Å². The minimum Gasteiger partial charge on any atom is -0.318 e. The lowest BCUT2D eigenvalue weighted by Gasteiger charge is -2.17. The van der Waals surface area contributed by atoms with Gasteiger partial charge in [0.2, 0.25) is 5.69 Å². The molecule has 0 aliphatic heterocycles. The van der Waals surface area contributed by atoms with Crippen molar-refractivity contribution in [3.05, 3.63) is 181 Å². The molecule has 0 amide bonds. The van der Waals surface area contributed by atoms with E-state index in [1.165, 1.54) is 10.8 Å². The second-order valence-corrected chi connectivity index (χ2v) is 11.9. The van der Waals surface area contributed by atoms with Crippen LogP contribution in [0.5, 0.6) is 0 Å². The van der Waals surface area contributed by atoms with Gasteiger partial charge in [-0.05, 0) is 64.7 Å². The van der Waals surface area contributed by atoms with Crippen LogP contribution in [0.2, 0.25) is 0 Å². The summed E-state index contributed by atoms with van der Waals surface area (Å²) in [6, 6.07) is 54.1. The highest BCUT2D eigenvalue weighted by Gasteiger charge is 2.20. The number of para-hydroxylation sites is 5. The van der Waals surface area contributed by atoms with Crippen molar-refractivity contribution in [3.8, 4) is 33.6 Å². The molecular weight excluding hydrogens is 585 g/mol. The SMILES string of the molecule is [C-]#[N+]c1ccc(-n2c3ccccc3c3ccccc32)cc1-c1cccc(-c2cccc([N+]#[C-])c2-n2c3ccccc3c3ccccc32)c1. The summed E-state index contributed by atoms with van der Waals surface area (Å²) in [5.74, 6) is 0. The fraction of sp³-hybridized carbons (Fsp3) is 0. The van der Waals surface area contributed by atoms with Crippen molar-refractivity contribution in [1.82, 2.24) is 9.13 Å². The number of rotatable bonds is 4. The van der Waals surface area contributed by atoms with Gasteiger partial charge in [-0.15, -0.1) is 0 Å². The highest BCUT2D eigenvalue weighted by molar-refractivity contribution is 6.11. The molecule has 7 aromatic carbocycles. The van der Waals surface area contributed by atoms with Crippen LogP contribution >= 0.6 is 0 Å². The minimum atomic E-state index is 0.583. The van der Waals surface area contributed by atoms with E-state index in [-0.39, 0.29) is 0 Å². The fourth-order valence-electron chi connectivity index (χ4n) is 7.30. The molecule has 9 rings (SSSR count). The van der Waals surface area contributed by atoms with Gasteiger partial charge in [0.1, 0.15) is 0 Å². The van der Waals surface area contributed by atoms with Crippen LogP contribution in [0.3, 0.4) is 0 Å². The fourth-order valence-corrected chi connectivity index (χ4v) is 7.30. The maximum absolute atomic E-state index is 8.18. The summed E-state index contributed by atoms with van der Waals surface area (Å²) in [4.78, 5) is 7.96. The molecule has 0 atom stereocenters. The van der Waals surface area contributed by atoms with E-state index in [0.29, 0.717) is 11.4 Å². The zero-order chi connectivity index (χ0) is 32.2. The van der Waals surface area contributed by atoms with E-state index in [0.717, 1.165) is 66.5 Å². The van der Waals surface area contributed by atoms with Gasteiger partial charge in [-0.25, -0.2) is 9.69 Å². The highest BCUT2D eigenvalue weighted by Crippen LogP contribution is 2.43. The second-order valence-electron chi connectivity index (χ2n) is 11.9. The average Bonchev–Trinajstić information content (AvgIpc) is 3.67. The van der Waals surface area contributed by atoms with Gasteiger partial charge in [0.15, 0.2) is 5.69 Å². The molecule has 2 heterocycles. The normalized spacial score (nSPS) is 11.3. The highest BCUT2D eigenvalue weighted by atomic mass is 15.0. The van der Waals surface area contributed by atoms with Gasteiger partial charge in [0.25, 0.3) is 0 Å². The Morgan fingerprint density at radius 2 is 0.854 bits per heavy atom. The molecule has 0 saturated heterocycles. The van der Waals surface area contributed by atoms with Crippen LogP contribution in [-0.2, 0) is 0 Å². The first-order valence-electron chi connectivity index (χ1n) is 15.8. The Kier molecular flexibility index (Phi) is 6.22. The van der Waals surface area contributed by atoms with Crippen molar-refractivity contribution in [3.63, 3.8) is 0 Å². The molecule has 0 aliphatic rings. The molecule has 9 aromatic rings. The molecule has 4 heteroatoms. The minimum absolute atomic E-state index is 0.583. The van der Waals surface area contributed by atoms with E-state index in [1.807, 2.05) is 30.3 Å². The summed E-state index contributed by atoms with van der Waals surface area (Å²) in [7, 11) is 0. The molecular formula is C44H26N4. The van der Waals surface area contributed by atoms with Crippen LogP contribution in [0.25, 0.3) is 86.9 Å². The third-order valence-corrected chi connectivity index (χ3v) is 9.36. The van der Waals surface area contributed by atoms with Crippen molar-refractivity contribution < 1.29 is 0 Å². The maximum Gasteiger partial charge on any atom is 0.211 e. The molecule has 0 radical (unpaired) electrons. The van der Waals surface area contributed by atoms with Gasteiger partial charge in [-0.2, -0.15) is 0 Å². The first kappa shape index (κ1) is 27.4. The topological polar surface area (TPSA) is 18.6 Å². The first-order chi connectivity index (χ1) is 23.7. The van der Waals surface area contributed by atoms with Gasteiger partial charge < -0.3 is 9.13 Å². The van der Waals surface area contributed by atoms with Crippen LogP contribution in [0.4, 0.5) is 11.4 Å². The number of aromatic nitrogens is 2. The molecule has 0 bridgehead atoms. The van der Waals surface area contributed by atoms with Gasteiger partial charge in [0, 0.05) is 27.2 Å². The maximum atomic E-state index is 8.18. The molecule has 2 aromatic heterocycles. The summed E-state index contributed by atoms with van der Waals surface area (Å²) < 4.78 is 4.51. The van der Waals surface area contributed by atoms with E-state index in [4.69, 9.17) is 13.1 Å². The predicted octanol–water partition coefficient (Wildman–Crippen LogP) is 12.3. The molecule has 0 fully saturated rings. The van der Waals surface area contributed by atoms with Gasteiger partial charge in [-0.3, -0.25) is 0 Å². The molecule has 0 unspecified atom stereocenters. The molecule has 222 valence electrons. The number of benzene rings is 7. The third-order valence-electron chi connectivity index (χ3n) is 9.36. The van der Waals surface area contributed by atoms with Crippen LogP contribution in [0.1, 0.15) is 0 Å². The Labute approximate surface area is 277 Å². The lowest BCUT2D eigenvalue weighted by Crippen LogP contribution is -1.98. The Morgan fingerprint density at radius 3 is 1.40 bits per heavy atom. The van der Waals surface area contributed by atoms with Gasteiger partial charge in [0.05, 0.1) is 40.9 Å².